The molecular weight excluding hydrogens is 391 g/mol. The van der Waals surface area contributed by atoms with Crippen LogP contribution in [0, 0.1) is 23.6 Å². The first-order chi connectivity index (χ1) is 13.7. The Balaban J connectivity index is 1.42. The maximum absolute atomic E-state index is 13.9. The number of rotatable bonds is 8. The molecule has 1 aromatic carbocycles. The van der Waals surface area contributed by atoms with Crippen LogP contribution < -0.4 is 10.5 Å². The fourth-order valence-corrected chi connectivity index (χ4v) is 5.10. The minimum atomic E-state index is -1.35. The van der Waals surface area contributed by atoms with Crippen LogP contribution in [0.3, 0.4) is 0 Å². The van der Waals surface area contributed by atoms with E-state index in [0.29, 0.717) is 36.5 Å². The van der Waals surface area contributed by atoms with Crippen LogP contribution in [0.25, 0.3) is 0 Å². The molecule has 7 heteroatoms. The average Bonchev–Trinajstić information content (AvgIpc) is 3.32. The number of benzene rings is 1. The summed E-state index contributed by atoms with van der Waals surface area (Å²) in [6.45, 7) is 6.25. The summed E-state index contributed by atoms with van der Waals surface area (Å²) in [7, 11) is -1.35. The molecule has 0 radical (unpaired) electrons. The number of ether oxygens (including phenoxy) is 1. The molecule has 5 nitrogen and oxygen atoms in total. The Morgan fingerprint density at radius 1 is 1.38 bits per heavy atom. The van der Waals surface area contributed by atoms with Crippen LogP contribution in [0.1, 0.15) is 46.0 Å². The van der Waals surface area contributed by atoms with Gasteiger partial charge in [-0.2, -0.15) is 0 Å². The monoisotopic (exact) mass is 424 g/mol. The van der Waals surface area contributed by atoms with Gasteiger partial charge in [-0.25, -0.2) is 4.39 Å². The number of likely N-dealkylation sites (tertiary alicyclic amines) is 1. The molecule has 0 aromatic heterocycles. The molecule has 2 fully saturated rings. The number of amides is 1. The van der Waals surface area contributed by atoms with Gasteiger partial charge in [0.05, 0.1) is 22.3 Å². The smallest absolute Gasteiger partial charge is 0.222 e. The number of hydrogen-bond acceptors (Lipinski definition) is 4. The van der Waals surface area contributed by atoms with Gasteiger partial charge in [-0.1, -0.05) is 13.8 Å². The van der Waals surface area contributed by atoms with Gasteiger partial charge < -0.3 is 15.4 Å². The number of hydrogen-bond donors (Lipinski definition) is 1. The Morgan fingerprint density at radius 3 is 2.66 bits per heavy atom. The molecule has 2 aliphatic rings. The first kappa shape index (κ1) is 22.2. The quantitative estimate of drug-likeness (QED) is 0.695. The van der Waals surface area contributed by atoms with Gasteiger partial charge in [0, 0.05) is 37.4 Å². The summed E-state index contributed by atoms with van der Waals surface area (Å²) in [4.78, 5) is 14.4. The number of nitrogens with two attached hydrogens (primary N) is 1. The Morgan fingerprint density at radius 2 is 2.07 bits per heavy atom. The summed E-state index contributed by atoms with van der Waals surface area (Å²) in [5.41, 5.74) is 6.52. The Labute approximate surface area is 175 Å². The zero-order chi connectivity index (χ0) is 21.2. The lowest BCUT2D eigenvalue weighted by molar-refractivity contribution is -0.133. The lowest BCUT2D eigenvalue weighted by Crippen LogP contribution is -2.45. The highest BCUT2D eigenvalue weighted by atomic mass is 32.2. The highest BCUT2D eigenvalue weighted by molar-refractivity contribution is 7.84. The summed E-state index contributed by atoms with van der Waals surface area (Å²) in [6.07, 6.45) is 5.85. The molecule has 1 heterocycles. The number of carbonyl (C=O) groups excluding carboxylic acids is 1. The SMILES string of the molecule is CC(C)CC(=O)N1CCC(C2(N)CC2CCOc2ccc(S(C)=O)c(F)c2)CC1. The summed E-state index contributed by atoms with van der Waals surface area (Å²) in [5.74, 6) is 1.47. The van der Waals surface area contributed by atoms with Gasteiger partial charge in [0.2, 0.25) is 5.91 Å². The molecule has 3 rings (SSSR count). The van der Waals surface area contributed by atoms with Crippen LogP contribution in [-0.2, 0) is 15.6 Å². The molecule has 3 unspecified atom stereocenters. The van der Waals surface area contributed by atoms with Crippen molar-refractivity contribution in [3.8, 4) is 5.75 Å². The van der Waals surface area contributed by atoms with E-state index in [4.69, 9.17) is 10.5 Å². The van der Waals surface area contributed by atoms with Crippen LogP contribution in [-0.4, -0.2) is 46.5 Å². The zero-order valence-electron chi connectivity index (χ0n) is 17.7. The van der Waals surface area contributed by atoms with E-state index in [9.17, 15) is 13.4 Å². The first-order valence-electron chi connectivity index (χ1n) is 10.5. The standard InChI is InChI=1S/C22H33FN2O3S/c1-15(2)12-21(26)25-9-6-16(7-10-25)22(24)14-17(22)8-11-28-18-4-5-20(29(3)27)19(23)13-18/h4-5,13,15-17H,6-12,14,24H2,1-3H3. The Bertz CT molecular complexity index is 764. The Kier molecular flexibility index (Phi) is 6.99. The van der Waals surface area contributed by atoms with Crippen molar-refractivity contribution in [3.63, 3.8) is 0 Å². The van der Waals surface area contributed by atoms with Gasteiger partial charge in [0.25, 0.3) is 0 Å². The Hall–Kier alpha value is -1.47. The van der Waals surface area contributed by atoms with E-state index in [1.165, 1.54) is 18.4 Å². The van der Waals surface area contributed by atoms with E-state index in [1.807, 2.05) is 4.90 Å². The van der Waals surface area contributed by atoms with Crippen molar-refractivity contribution in [2.45, 2.75) is 56.4 Å². The van der Waals surface area contributed by atoms with Crippen molar-refractivity contribution in [1.82, 2.24) is 4.90 Å². The second-order valence-corrected chi connectivity index (χ2v) is 10.3. The minimum absolute atomic E-state index is 0.148. The van der Waals surface area contributed by atoms with Gasteiger partial charge in [-0.3, -0.25) is 9.00 Å². The molecular formula is C22H33FN2O3S. The molecule has 1 aromatic rings. The number of piperidine rings is 1. The number of halogens is 1. The topological polar surface area (TPSA) is 72.6 Å². The predicted octanol–water partition coefficient (Wildman–Crippen LogP) is 3.33. The largest absolute Gasteiger partial charge is 0.493 e. The molecule has 1 aliphatic carbocycles. The lowest BCUT2D eigenvalue weighted by Gasteiger charge is -2.36. The maximum atomic E-state index is 13.9. The third kappa shape index (κ3) is 5.37. The van der Waals surface area contributed by atoms with Crippen molar-refractivity contribution < 1.29 is 18.1 Å². The van der Waals surface area contributed by atoms with Crippen LogP contribution in [0.5, 0.6) is 5.75 Å². The van der Waals surface area contributed by atoms with Gasteiger partial charge in [-0.05, 0) is 55.6 Å². The van der Waals surface area contributed by atoms with Crippen LogP contribution in [0.15, 0.2) is 23.1 Å². The second-order valence-electron chi connectivity index (χ2n) is 8.95. The molecule has 1 saturated heterocycles. The average molecular weight is 425 g/mol. The third-order valence-corrected chi connectivity index (χ3v) is 7.29. The van der Waals surface area contributed by atoms with Gasteiger partial charge in [0.15, 0.2) is 0 Å². The van der Waals surface area contributed by atoms with E-state index in [1.54, 1.807) is 6.07 Å². The molecule has 0 spiro atoms. The molecule has 2 N–H and O–H groups in total. The number of carbonyl (C=O) groups is 1. The van der Waals surface area contributed by atoms with Crippen molar-refractivity contribution >= 4 is 16.7 Å². The van der Waals surface area contributed by atoms with Crippen LogP contribution in [0.2, 0.25) is 0 Å². The van der Waals surface area contributed by atoms with E-state index in [2.05, 4.69) is 13.8 Å². The maximum Gasteiger partial charge on any atom is 0.222 e. The van der Waals surface area contributed by atoms with E-state index >= 15 is 0 Å². The zero-order valence-corrected chi connectivity index (χ0v) is 18.5. The van der Waals surface area contributed by atoms with Gasteiger partial charge in [-0.15, -0.1) is 0 Å². The van der Waals surface area contributed by atoms with Crippen molar-refractivity contribution in [2.24, 2.45) is 23.5 Å². The highest BCUT2D eigenvalue weighted by Crippen LogP contribution is 2.51. The van der Waals surface area contributed by atoms with E-state index in [-0.39, 0.29) is 16.3 Å². The predicted molar refractivity (Wildman–Crippen MR) is 113 cm³/mol. The van der Waals surface area contributed by atoms with E-state index in [0.717, 1.165) is 38.8 Å². The molecule has 3 atom stereocenters. The summed E-state index contributed by atoms with van der Waals surface area (Å²) < 4.78 is 31.0. The van der Waals surface area contributed by atoms with Gasteiger partial charge in [0.1, 0.15) is 11.6 Å². The second kappa shape index (κ2) is 9.13. The summed E-state index contributed by atoms with van der Waals surface area (Å²) >= 11 is 0. The van der Waals surface area contributed by atoms with Crippen molar-refractivity contribution in [1.29, 1.82) is 0 Å². The third-order valence-electron chi connectivity index (χ3n) is 6.34. The fraction of sp³-hybridized carbons (Fsp3) is 0.682. The number of nitrogens with zero attached hydrogens (tertiary/aromatic N) is 1. The molecule has 1 amide bonds. The van der Waals surface area contributed by atoms with Crippen molar-refractivity contribution in [2.75, 3.05) is 26.0 Å². The summed E-state index contributed by atoms with van der Waals surface area (Å²) in [6, 6.07) is 4.47. The molecule has 1 saturated carbocycles. The normalized spacial score (nSPS) is 25.9. The molecule has 29 heavy (non-hydrogen) atoms. The highest BCUT2D eigenvalue weighted by Gasteiger charge is 2.55. The van der Waals surface area contributed by atoms with Gasteiger partial charge >= 0.3 is 0 Å². The minimum Gasteiger partial charge on any atom is -0.493 e. The van der Waals surface area contributed by atoms with Crippen LogP contribution >= 0.6 is 0 Å². The molecule has 1 aliphatic heterocycles. The molecule has 0 bridgehead atoms. The van der Waals surface area contributed by atoms with Crippen LogP contribution in [0.4, 0.5) is 4.39 Å². The fourth-order valence-electron chi connectivity index (χ4n) is 4.51. The summed E-state index contributed by atoms with van der Waals surface area (Å²) in [5, 5.41) is 0. The molecule has 162 valence electrons. The first-order valence-corrected chi connectivity index (χ1v) is 12.1. The lowest BCUT2D eigenvalue weighted by atomic mass is 9.85. The van der Waals surface area contributed by atoms with E-state index < -0.39 is 16.6 Å². The van der Waals surface area contributed by atoms with Crippen molar-refractivity contribution in [3.05, 3.63) is 24.0 Å².